The fourth-order valence-electron chi connectivity index (χ4n) is 1.83. The zero-order chi connectivity index (χ0) is 19.7. The van der Waals surface area contributed by atoms with Crippen LogP contribution in [0.4, 0.5) is 9.18 Å². The van der Waals surface area contributed by atoms with Crippen LogP contribution in [0.1, 0.15) is 34.1 Å². The van der Waals surface area contributed by atoms with Gasteiger partial charge in [0.05, 0.1) is 0 Å². The van der Waals surface area contributed by atoms with Crippen molar-refractivity contribution in [1.82, 2.24) is 10.6 Å². The van der Waals surface area contributed by atoms with E-state index in [9.17, 15) is 18.8 Å². The van der Waals surface area contributed by atoms with E-state index in [-0.39, 0.29) is 5.75 Å². The van der Waals surface area contributed by atoms with Crippen LogP contribution >= 0.6 is 0 Å². The first-order valence-corrected chi connectivity index (χ1v) is 8.29. The smallest absolute Gasteiger partial charge is 0.350 e. The Hall–Kier alpha value is -2.64. The summed E-state index contributed by atoms with van der Waals surface area (Å²) in [6.45, 7) is 6.76. The normalized spacial score (nSPS) is 11.0. The molecule has 0 spiro atoms. The summed E-state index contributed by atoms with van der Waals surface area (Å²) in [5.41, 5.74) is -1.39. The molecule has 26 heavy (non-hydrogen) atoms. The number of carbonyl (C=O) groups is 3. The second-order valence-corrected chi connectivity index (χ2v) is 6.63. The van der Waals surface area contributed by atoms with Crippen LogP contribution in [0.2, 0.25) is 0 Å². The Labute approximate surface area is 152 Å². The lowest BCUT2D eigenvalue weighted by molar-refractivity contribution is -0.161. The number of benzene rings is 1. The van der Waals surface area contributed by atoms with E-state index >= 15 is 0 Å². The van der Waals surface area contributed by atoms with Crippen LogP contribution in [0.15, 0.2) is 24.3 Å². The maximum Gasteiger partial charge on any atom is 0.350 e. The Bertz CT molecular complexity index is 629. The maximum absolute atomic E-state index is 12.9. The minimum atomic E-state index is -1.39. The van der Waals surface area contributed by atoms with Gasteiger partial charge in [-0.3, -0.25) is 10.1 Å². The Morgan fingerprint density at radius 3 is 2.35 bits per heavy atom. The van der Waals surface area contributed by atoms with Crippen molar-refractivity contribution in [2.45, 2.75) is 39.7 Å². The van der Waals surface area contributed by atoms with Crippen LogP contribution in [-0.4, -0.2) is 36.7 Å². The van der Waals surface area contributed by atoms with Crippen molar-refractivity contribution in [3.05, 3.63) is 30.1 Å². The summed E-state index contributed by atoms with van der Waals surface area (Å²) in [4.78, 5) is 35.2. The van der Waals surface area contributed by atoms with E-state index in [1.165, 1.54) is 38.1 Å². The average Bonchev–Trinajstić information content (AvgIpc) is 2.54. The second-order valence-electron chi connectivity index (χ2n) is 6.63. The number of imide groups is 1. The fraction of sp³-hybridized carbons (Fsp3) is 0.500. The fourth-order valence-corrected chi connectivity index (χ4v) is 1.83. The van der Waals surface area contributed by atoms with Gasteiger partial charge in [0.1, 0.15) is 11.6 Å². The average molecular weight is 368 g/mol. The minimum absolute atomic E-state index is 0.280. The highest BCUT2D eigenvalue weighted by Gasteiger charge is 2.32. The molecule has 0 aliphatic rings. The van der Waals surface area contributed by atoms with Crippen LogP contribution < -0.4 is 15.4 Å². The van der Waals surface area contributed by atoms with Gasteiger partial charge in [-0.05, 0) is 50.5 Å². The van der Waals surface area contributed by atoms with E-state index in [2.05, 4.69) is 10.6 Å². The predicted octanol–water partition coefficient (Wildman–Crippen LogP) is 2.40. The maximum atomic E-state index is 12.9. The number of nitrogens with one attached hydrogen (secondary N) is 2. The van der Waals surface area contributed by atoms with Crippen LogP contribution in [0.25, 0.3) is 0 Å². The Kier molecular flexibility index (Phi) is 8.02. The van der Waals surface area contributed by atoms with Gasteiger partial charge in [0, 0.05) is 6.54 Å². The van der Waals surface area contributed by atoms with Gasteiger partial charge in [-0.1, -0.05) is 13.8 Å². The van der Waals surface area contributed by atoms with Gasteiger partial charge in [0.25, 0.3) is 5.91 Å². The molecule has 1 aromatic rings. The molecule has 3 amide bonds. The number of carbonyl (C=O) groups excluding carboxylic acids is 3. The number of urea groups is 1. The van der Waals surface area contributed by atoms with Crippen molar-refractivity contribution in [3.63, 3.8) is 0 Å². The van der Waals surface area contributed by atoms with E-state index in [0.29, 0.717) is 12.5 Å². The first-order valence-electron chi connectivity index (χ1n) is 8.29. The number of halogens is 1. The Balaban J connectivity index is 2.40. The monoisotopic (exact) mass is 368 g/mol. The summed E-state index contributed by atoms with van der Waals surface area (Å²) in [7, 11) is 0. The van der Waals surface area contributed by atoms with Crippen molar-refractivity contribution >= 4 is 17.9 Å². The molecule has 144 valence electrons. The molecule has 0 aliphatic heterocycles. The SMILES string of the molecule is CC(C)CCNC(=O)NC(=O)COC(=O)C(C)(C)Oc1ccc(F)cc1. The molecule has 1 rings (SSSR count). The summed E-state index contributed by atoms with van der Waals surface area (Å²) in [5, 5.41) is 4.60. The highest BCUT2D eigenvalue weighted by molar-refractivity contribution is 5.95. The topological polar surface area (TPSA) is 93.7 Å². The third-order valence-corrected chi connectivity index (χ3v) is 3.27. The zero-order valence-electron chi connectivity index (χ0n) is 15.4. The molecule has 2 N–H and O–H groups in total. The largest absolute Gasteiger partial charge is 0.476 e. The van der Waals surface area contributed by atoms with Gasteiger partial charge >= 0.3 is 12.0 Å². The van der Waals surface area contributed by atoms with E-state index in [4.69, 9.17) is 9.47 Å². The van der Waals surface area contributed by atoms with Crippen LogP contribution in [-0.2, 0) is 14.3 Å². The highest BCUT2D eigenvalue weighted by atomic mass is 19.1. The third-order valence-electron chi connectivity index (χ3n) is 3.27. The van der Waals surface area contributed by atoms with Gasteiger partial charge in [-0.25, -0.2) is 14.0 Å². The van der Waals surface area contributed by atoms with Gasteiger partial charge in [0.15, 0.2) is 12.2 Å². The standard InChI is InChI=1S/C18H25FN2O5/c1-12(2)9-10-20-17(24)21-15(22)11-25-16(23)18(3,4)26-14-7-5-13(19)6-8-14/h5-8,12H,9-11H2,1-4H3,(H2,20,21,22,24). The van der Waals surface area contributed by atoms with E-state index in [0.717, 1.165) is 6.42 Å². The van der Waals surface area contributed by atoms with Gasteiger partial charge < -0.3 is 14.8 Å². The Morgan fingerprint density at radius 1 is 1.15 bits per heavy atom. The second kappa shape index (κ2) is 9.74. The lowest BCUT2D eigenvalue weighted by Crippen LogP contribution is -2.44. The summed E-state index contributed by atoms with van der Waals surface area (Å²) >= 11 is 0. The number of esters is 1. The van der Waals surface area contributed by atoms with E-state index < -0.39 is 35.9 Å². The van der Waals surface area contributed by atoms with Crippen LogP contribution in [0.5, 0.6) is 5.75 Å². The van der Waals surface area contributed by atoms with Crippen molar-refractivity contribution in [1.29, 1.82) is 0 Å². The molecule has 1 aromatic carbocycles. The van der Waals surface area contributed by atoms with Crippen molar-refractivity contribution in [2.24, 2.45) is 5.92 Å². The Morgan fingerprint density at radius 2 is 1.77 bits per heavy atom. The molecule has 0 fully saturated rings. The number of ether oxygens (including phenoxy) is 2. The van der Waals surface area contributed by atoms with Gasteiger partial charge in [-0.15, -0.1) is 0 Å². The number of hydrogen-bond donors (Lipinski definition) is 2. The first-order chi connectivity index (χ1) is 12.1. The summed E-state index contributed by atoms with van der Waals surface area (Å²) < 4.78 is 23.2. The van der Waals surface area contributed by atoms with E-state index in [1.807, 2.05) is 13.8 Å². The lowest BCUT2D eigenvalue weighted by atomic mass is 10.1. The molecule has 0 aliphatic carbocycles. The predicted molar refractivity (Wildman–Crippen MR) is 93.1 cm³/mol. The molecule has 0 saturated heterocycles. The number of amides is 3. The van der Waals surface area contributed by atoms with Crippen molar-refractivity contribution in [3.8, 4) is 5.75 Å². The summed E-state index contributed by atoms with van der Waals surface area (Å²) in [6, 6.07) is 4.50. The minimum Gasteiger partial charge on any atom is -0.476 e. The molecule has 0 bridgehead atoms. The number of hydrogen-bond acceptors (Lipinski definition) is 5. The first kappa shape index (κ1) is 21.4. The molecule has 0 atom stereocenters. The van der Waals surface area contributed by atoms with Gasteiger partial charge in [0.2, 0.25) is 0 Å². The molecule has 7 nitrogen and oxygen atoms in total. The summed E-state index contributed by atoms with van der Waals surface area (Å²) in [5.74, 6) is -1.27. The van der Waals surface area contributed by atoms with Crippen LogP contribution in [0, 0.1) is 11.7 Å². The molecular weight excluding hydrogens is 343 g/mol. The molecule has 0 unspecified atom stereocenters. The molecule has 0 aromatic heterocycles. The van der Waals surface area contributed by atoms with Gasteiger partial charge in [-0.2, -0.15) is 0 Å². The quantitative estimate of drug-likeness (QED) is 0.687. The zero-order valence-corrected chi connectivity index (χ0v) is 15.4. The van der Waals surface area contributed by atoms with Crippen molar-refractivity contribution < 1.29 is 28.2 Å². The molecule has 0 heterocycles. The molecular formula is C18H25FN2O5. The lowest BCUT2D eigenvalue weighted by Gasteiger charge is -2.24. The van der Waals surface area contributed by atoms with Crippen LogP contribution in [0.3, 0.4) is 0 Å². The molecule has 8 heteroatoms. The van der Waals surface area contributed by atoms with E-state index in [1.54, 1.807) is 0 Å². The molecule has 0 radical (unpaired) electrons. The third kappa shape index (κ3) is 7.96. The van der Waals surface area contributed by atoms with Crippen molar-refractivity contribution in [2.75, 3.05) is 13.2 Å². The molecule has 0 saturated carbocycles. The summed E-state index contributed by atoms with van der Waals surface area (Å²) in [6.07, 6.45) is 0.783. The number of rotatable bonds is 8. The highest BCUT2D eigenvalue weighted by Crippen LogP contribution is 2.19.